The molecule has 3 aromatic rings. The average molecular weight is 375 g/mol. The summed E-state index contributed by atoms with van der Waals surface area (Å²) in [4.78, 5) is 23.0. The normalized spacial score (nSPS) is 12.0. The third-order valence-corrected chi connectivity index (χ3v) is 4.12. The fourth-order valence-electron chi connectivity index (χ4n) is 2.66. The fourth-order valence-corrected chi connectivity index (χ4v) is 2.66. The molecule has 0 saturated carbocycles. The molecule has 0 saturated heterocycles. The van der Waals surface area contributed by atoms with Gasteiger partial charge in [-0.1, -0.05) is 60.7 Å². The van der Waals surface area contributed by atoms with Gasteiger partial charge in [0.25, 0.3) is 5.91 Å². The fraction of sp³-hybridized carbons (Fsp3) is 0.136. The van der Waals surface area contributed by atoms with Gasteiger partial charge in [0, 0.05) is 23.4 Å². The molecule has 1 atom stereocenters. The molecule has 2 aromatic carbocycles. The van der Waals surface area contributed by atoms with Crippen molar-refractivity contribution >= 4 is 18.0 Å². The maximum absolute atomic E-state index is 11.9. The molecule has 0 spiro atoms. The van der Waals surface area contributed by atoms with Crippen molar-refractivity contribution in [3.05, 3.63) is 84.1 Å². The zero-order valence-electron chi connectivity index (χ0n) is 15.5. The lowest BCUT2D eigenvalue weighted by Crippen LogP contribution is -2.29. The molecule has 0 aliphatic rings. The van der Waals surface area contributed by atoms with Crippen LogP contribution in [-0.4, -0.2) is 27.8 Å². The summed E-state index contributed by atoms with van der Waals surface area (Å²) in [5.74, 6) is -1.33. The van der Waals surface area contributed by atoms with E-state index in [1.54, 1.807) is 6.08 Å². The Morgan fingerprint density at radius 3 is 2.39 bits per heavy atom. The number of esters is 1. The first-order valence-corrected chi connectivity index (χ1v) is 8.88. The van der Waals surface area contributed by atoms with Crippen LogP contribution in [0.3, 0.4) is 0 Å². The lowest BCUT2D eigenvalue weighted by molar-refractivity contribution is -0.148. The standard InChI is InChI=1S/C22H21N3O3/c1-16(22(23)27)28-20(26)13-12-19-15-25(14-17-8-4-2-5-9-17)24-21(19)18-10-6-3-7-11-18/h2-13,15-16H,14H2,1H3,(H2,23,27)/b13-12+. The Kier molecular flexibility index (Phi) is 6.01. The molecular weight excluding hydrogens is 354 g/mol. The van der Waals surface area contributed by atoms with Crippen LogP contribution in [0.5, 0.6) is 0 Å². The van der Waals surface area contributed by atoms with E-state index < -0.39 is 18.0 Å². The zero-order chi connectivity index (χ0) is 19.9. The first-order chi connectivity index (χ1) is 13.5. The van der Waals surface area contributed by atoms with Gasteiger partial charge < -0.3 is 10.5 Å². The summed E-state index contributed by atoms with van der Waals surface area (Å²) in [5.41, 5.74) is 8.70. The van der Waals surface area contributed by atoms with Gasteiger partial charge in [-0.05, 0) is 18.6 Å². The molecule has 28 heavy (non-hydrogen) atoms. The first kappa shape index (κ1) is 19.1. The molecule has 1 unspecified atom stereocenters. The minimum Gasteiger partial charge on any atom is -0.449 e. The summed E-state index contributed by atoms with van der Waals surface area (Å²) in [6.45, 7) is 2.04. The minimum atomic E-state index is -0.980. The van der Waals surface area contributed by atoms with E-state index in [1.165, 1.54) is 13.0 Å². The molecule has 1 heterocycles. The van der Waals surface area contributed by atoms with Crippen molar-refractivity contribution in [1.82, 2.24) is 9.78 Å². The molecule has 1 amide bonds. The number of aromatic nitrogens is 2. The molecule has 0 radical (unpaired) electrons. The molecule has 6 heteroatoms. The van der Waals surface area contributed by atoms with Crippen molar-refractivity contribution in [3.8, 4) is 11.3 Å². The largest absolute Gasteiger partial charge is 0.449 e. The van der Waals surface area contributed by atoms with Gasteiger partial charge in [0.2, 0.25) is 0 Å². The van der Waals surface area contributed by atoms with Crippen molar-refractivity contribution < 1.29 is 14.3 Å². The molecule has 2 N–H and O–H groups in total. The van der Waals surface area contributed by atoms with Gasteiger partial charge in [-0.3, -0.25) is 9.48 Å². The van der Waals surface area contributed by atoms with Crippen molar-refractivity contribution in [3.63, 3.8) is 0 Å². The number of rotatable bonds is 7. The maximum Gasteiger partial charge on any atom is 0.331 e. The van der Waals surface area contributed by atoms with Crippen LogP contribution in [0.1, 0.15) is 18.1 Å². The van der Waals surface area contributed by atoms with Crippen LogP contribution in [0, 0.1) is 0 Å². The number of primary amides is 1. The molecule has 0 fully saturated rings. The molecule has 0 bridgehead atoms. The third kappa shape index (κ3) is 4.94. The second kappa shape index (κ2) is 8.81. The molecule has 6 nitrogen and oxygen atoms in total. The average Bonchev–Trinajstić information content (AvgIpc) is 3.10. The summed E-state index contributed by atoms with van der Waals surface area (Å²) in [7, 11) is 0. The van der Waals surface area contributed by atoms with Gasteiger partial charge in [0.1, 0.15) is 0 Å². The predicted octanol–water partition coefficient (Wildman–Crippen LogP) is 3.03. The van der Waals surface area contributed by atoms with Crippen molar-refractivity contribution in [2.24, 2.45) is 5.73 Å². The quantitative estimate of drug-likeness (QED) is 0.508. The van der Waals surface area contributed by atoms with E-state index in [2.05, 4.69) is 5.10 Å². The van der Waals surface area contributed by atoms with Crippen LogP contribution < -0.4 is 5.73 Å². The van der Waals surface area contributed by atoms with E-state index in [0.717, 1.165) is 22.4 Å². The molecule has 3 rings (SSSR count). The minimum absolute atomic E-state index is 0.609. The highest BCUT2D eigenvalue weighted by Crippen LogP contribution is 2.23. The Bertz CT molecular complexity index is 979. The van der Waals surface area contributed by atoms with Crippen LogP contribution in [-0.2, 0) is 20.9 Å². The van der Waals surface area contributed by atoms with Gasteiger partial charge in [0.15, 0.2) is 6.10 Å². The first-order valence-electron chi connectivity index (χ1n) is 8.88. The number of nitrogens with two attached hydrogens (primary N) is 1. The van der Waals surface area contributed by atoms with Gasteiger partial charge in [-0.25, -0.2) is 4.79 Å². The van der Waals surface area contributed by atoms with Gasteiger partial charge >= 0.3 is 5.97 Å². The number of carbonyl (C=O) groups is 2. The van der Waals surface area contributed by atoms with Crippen LogP contribution in [0.25, 0.3) is 17.3 Å². The predicted molar refractivity (Wildman–Crippen MR) is 107 cm³/mol. The second-order valence-corrected chi connectivity index (χ2v) is 6.30. The number of ether oxygens (including phenoxy) is 1. The SMILES string of the molecule is CC(OC(=O)/C=C/c1cn(Cc2ccccc2)nc1-c1ccccc1)C(N)=O. The van der Waals surface area contributed by atoms with E-state index in [1.807, 2.05) is 71.5 Å². The third-order valence-electron chi connectivity index (χ3n) is 4.12. The highest BCUT2D eigenvalue weighted by atomic mass is 16.5. The van der Waals surface area contributed by atoms with E-state index in [0.29, 0.717) is 6.54 Å². The van der Waals surface area contributed by atoms with Crippen LogP contribution in [0.4, 0.5) is 0 Å². The highest BCUT2D eigenvalue weighted by molar-refractivity contribution is 5.91. The Morgan fingerprint density at radius 1 is 1.11 bits per heavy atom. The molecular formula is C22H21N3O3. The molecule has 142 valence electrons. The summed E-state index contributed by atoms with van der Waals surface area (Å²) < 4.78 is 6.78. The Labute approximate surface area is 163 Å². The van der Waals surface area contributed by atoms with Crippen LogP contribution in [0.15, 0.2) is 72.9 Å². The number of nitrogens with zero attached hydrogens (tertiary/aromatic N) is 2. The van der Waals surface area contributed by atoms with E-state index in [-0.39, 0.29) is 0 Å². The number of hydrogen-bond acceptors (Lipinski definition) is 4. The second-order valence-electron chi connectivity index (χ2n) is 6.30. The van der Waals surface area contributed by atoms with E-state index in [9.17, 15) is 9.59 Å². The van der Waals surface area contributed by atoms with Gasteiger partial charge in [-0.15, -0.1) is 0 Å². The van der Waals surface area contributed by atoms with E-state index in [4.69, 9.17) is 10.5 Å². The lowest BCUT2D eigenvalue weighted by atomic mass is 10.1. The van der Waals surface area contributed by atoms with Gasteiger partial charge in [-0.2, -0.15) is 5.10 Å². The summed E-state index contributed by atoms with van der Waals surface area (Å²) in [6, 6.07) is 19.7. The van der Waals surface area contributed by atoms with E-state index >= 15 is 0 Å². The lowest BCUT2D eigenvalue weighted by Gasteiger charge is -2.06. The van der Waals surface area contributed by atoms with Gasteiger partial charge in [0.05, 0.1) is 12.2 Å². The topological polar surface area (TPSA) is 87.2 Å². The summed E-state index contributed by atoms with van der Waals surface area (Å²) >= 11 is 0. The Balaban J connectivity index is 1.86. The smallest absolute Gasteiger partial charge is 0.331 e. The van der Waals surface area contributed by atoms with Crippen LogP contribution >= 0.6 is 0 Å². The highest BCUT2D eigenvalue weighted by Gasteiger charge is 2.13. The maximum atomic E-state index is 11.9. The summed E-state index contributed by atoms with van der Waals surface area (Å²) in [6.07, 6.45) is 3.80. The number of amides is 1. The monoisotopic (exact) mass is 375 g/mol. The van der Waals surface area contributed by atoms with Crippen molar-refractivity contribution in [2.45, 2.75) is 19.6 Å². The number of benzene rings is 2. The van der Waals surface area contributed by atoms with Crippen LogP contribution in [0.2, 0.25) is 0 Å². The molecule has 0 aliphatic heterocycles. The van der Waals surface area contributed by atoms with Crippen molar-refractivity contribution in [2.75, 3.05) is 0 Å². The molecule has 1 aromatic heterocycles. The summed E-state index contributed by atoms with van der Waals surface area (Å²) in [5, 5.41) is 4.68. The number of hydrogen-bond donors (Lipinski definition) is 1. The number of carbonyl (C=O) groups excluding carboxylic acids is 2. The zero-order valence-corrected chi connectivity index (χ0v) is 15.5. The Hall–Kier alpha value is -3.67. The Morgan fingerprint density at radius 2 is 1.75 bits per heavy atom. The molecule has 0 aliphatic carbocycles. The van der Waals surface area contributed by atoms with Crippen molar-refractivity contribution in [1.29, 1.82) is 0 Å².